The van der Waals surface area contributed by atoms with E-state index in [0.29, 0.717) is 17.5 Å². The van der Waals surface area contributed by atoms with Crippen LogP contribution in [-0.2, 0) is 0 Å². The highest BCUT2D eigenvalue weighted by atomic mass is 16.3. The molecule has 5 heteroatoms. The van der Waals surface area contributed by atoms with Crippen LogP contribution in [-0.4, -0.2) is 19.5 Å². The molecule has 0 unspecified atom stereocenters. The van der Waals surface area contributed by atoms with Crippen LogP contribution in [0.2, 0.25) is 0 Å². The first-order valence-corrected chi connectivity index (χ1v) is 22.3. The van der Waals surface area contributed by atoms with E-state index in [1.165, 1.54) is 43.4 Å². The number of para-hydroxylation sites is 1. The molecular weight excluding hydrogens is 805 g/mol. The van der Waals surface area contributed by atoms with Crippen molar-refractivity contribution in [2.75, 3.05) is 0 Å². The Hall–Kier alpha value is -8.93. The number of aromatic nitrogens is 4. The van der Waals surface area contributed by atoms with Crippen molar-refractivity contribution in [3.63, 3.8) is 0 Å². The summed E-state index contributed by atoms with van der Waals surface area (Å²) in [6.07, 6.45) is 0. The first-order valence-electron chi connectivity index (χ1n) is 22.3. The molecule has 0 atom stereocenters. The lowest BCUT2D eigenvalue weighted by Crippen LogP contribution is -2.02. The van der Waals surface area contributed by atoms with Crippen molar-refractivity contribution in [2.24, 2.45) is 0 Å². The molecule has 66 heavy (non-hydrogen) atoms. The van der Waals surface area contributed by atoms with Gasteiger partial charge >= 0.3 is 0 Å². The zero-order valence-electron chi connectivity index (χ0n) is 35.5. The van der Waals surface area contributed by atoms with Crippen molar-refractivity contribution in [1.29, 1.82) is 0 Å². The standard InChI is InChI=1S/C61H36N4O/c1-3-15-40-32-42(26-24-37(40)12-1)43-29-30-52-51(35-43)57-48-19-8-5-14-39(48)28-31-53(57)65(52)54-36-46(34-44-17-6-7-18-47(44)54)60-62-59(45-27-25-38-13-2-4-16-41(38)33-45)63-61(64-60)50-21-11-23-56-58(50)49-20-9-10-22-55(49)66-56/h1-36H. The van der Waals surface area contributed by atoms with Crippen LogP contribution in [0.4, 0.5) is 0 Å². The van der Waals surface area contributed by atoms with Crippen LogP contribution in [0, 0.1) is 0 Å². The summed E-state index contributed by atoms with van der Waals surface area (Å²) in [5.74, 6) is 1.77. The van der Waals surface area contributed by atoms with E-state index in [-0.39, 0.29) is 0 Å². The maximum atomic E-state index is 6.37. The monoisotopic (exact) mass is 840 g/mol. The third-order valence-electron chi connectivity index (χ3n) is 13.4. The number of fused-ring (bicyclic) bond motifs is 11. The Morgan fingerprint density at radius 3 is 1.65 bits per heavy atom. The molecule has 3 heterocycles. The van der Waals surface area contributed by atoms with Gasteiger partial charge in [-0.25, -0.2) is 15.0 Å². The van der Waals surface area contributed by atoms with Gasteiger partial charge in [0.15, 0.2) is 17.5 Å². The van der Waals surface area contributed by atoms with Crippen molar-refractivity contribution in [2.45, 2.75) is 0 Å². The largest absolute Gasteiger partial charge is 0.456 e. The van der Waals surface area contributed by atoms with Gasteiger partial charge in [0.2, 0.25) is 0 Å². The number of nitrogens with zero attached hydrogens (tertiary/aromatic N) is 4. The maximum absolute atomic E-state index is 6.37. The van der Waals surface area contributed by atoms with Crippen molar-refractivity contribution in [1.82, 2.24) is 19.5 Å². The van der Waals surface area contributed by atoms with Gasteiger partial charge in [0, 0.05) is 43.6 Å². The molecule has 3 aromatic heterocycles. The minimum absolute atomic E-state index is 0.583. The van der Waals surface area contributed by atoms with Gasteiger partial charge in [-0.2, -0.15) is 0 Å². The number of rotatable bonds is 5. The summed E-state index contributed by atoms with van der Waals surface area (Å²) in [7, 11) is 0. The quantitative estimate of drug-likeness (QED) is 0.173. The van der Waals surface area contributed by atoms with E-state index < -0.39 is 0 Å². The summed E-state index contributed by atoms with van der Waals surface area (Å²) in [6.45, 7) is 0. The average molecular weight is 841 g/mol. The summed E-state index contributed by atoms with van der Waals surface area (Å²) < 4.78 is 8.81. The molecule has 5 nitrogen and oxygen atoms in total. The molecular formula is C61H36N4O. The fourth-order valence-corrected chi connectivity index (χ4v) is 10.2. The van der Waals surface area contributed by atoms with Gasteiger partial charge < -0.3 is 8.98 Å². The molecule has 0 saturated carbocycles. The zero-order valence-corrected chi connectivity index (χ0v) is 35.5. The topological polar surface area (TPSA) is 56.7 Å². The molecule has 14 rings (SSSR count). The molecule has 0 spiro atoms. The third kappa shape index (κ3) is 5.70. The summed E-state index contributed by atoms with van der Waals surface area (Å²) in [5, 5.41) is 13.8. The van der Waals surface area contributed by atoms with Crippen LogP contribution in [0.5, 0.6) is 0 Å². The number of furan rings is 1. The van der Waals surface area contributed by atoms with Crippen LogP contribution >= 0.6 is 0 Å². The molecule has 0 saturated heterocycles. The molecule has 0 aliphatic heterocycles. The second-order valence-electron chi connectivity index (χ2n) is 17.2. The Bertz CT molecular complexity index is 4310. The Morgan fingerprint density at radius 1 is 0.303 bits per heavy atom. The third-order valence-corrected chi connectivity index (χ3v) is 13.4. The molecule has 0 fully saturated rings. The highest BCUT2D eigenvalue weighted by Gasteiger charge is 2.22. The number of benzene rings is 11. The van der Waals surface area contributed by atoms with E-state index >= 15 is 0 Å². The molecule has 306 valence electrons. The van der Waals surface area contributed by atoms with Crippen LogP contribution in [0.25, 0.3) is 138 Å². The first-order chi connectivity index (χ1) is 32.7. The molecule has 0 N–H and O–H groups in total. The zero-order chi connectivity index (χ0) is 43.3. The minimum Gasteiger partial charge on any atom is -0.456 e. The maximum Gasteiger partial charge on any atom is 0.164 e. The highest BCUT2D eigenvalue weighted by Crippen LogP contribution is 2.42. The van der Waals surface area contributed by atoms with E-state index in [0.717, 1.165) is 76.9 Å². The Labute approximate surface area is 378 Å². The minimum atomic E-state index is 0.583. The lowest BCUT2D eigenvalue weighted by Gasteiger charge is -2.15. The molecule has 0 amide bonds. The van der Waals surface area contributed by atoms with E-state index in [1.807, 2.05) is 30.3 Å². The predicted octanol–water partition coefficient (Wildman–Crippen LogP) is 16.1. The van der Waals surface area contributed by atoms with Crippen LogP contribution < -0.4 is 0 Å². The molecule has 11 aromatic carbocycles. The summed E-state index contributed by atoms with van der Waals surface area (Å²) in [5.41, 5.74) is 9.99. The van der Waals surface area contributed by atoms with E-state index in [9.17, 15) is 0 Å². The van der Waals surface area contributed by atoms with Gasteiger partial charge in [-0.05, 0) is 103 Å². The molecule has 0 radical (unpaired) electrons. The summed E-state index contributed by atoms with van der Waals surface area (Å²) in [6, 6.07) is 77.8. The van der Waals surface area contributed by atoms with Gasteiger partial charge in [-0.15, -0.1) is 0 Å². The van der Waals surface area contributed by atoms with Crippen molar-refractivity contribution in [3.8, 4) is 51.0 Å². The molecule has 14 aromatic rings. The van der Waals surface area contributed by atoms with Gasteiger partial charge in [0.25, 0.3) is 0 Å². The number of hydrogen-bond acceptors (Lipinski definition) is 4. The fraction of sp³-hybridized carbons (Fsp3) is 0. The van der Waals surface area contributed by atoms with Crippen molar-refractivity contribution < 1.29 is 4.42 Å². The van der Waals surface area contributed by atoms with Crippen LogP contribution in [0.1, 0.15) is 0 Å². The first kappa shape index (κ1) is 36.5. The van der Waals surface area contributed by atoms with Gasteiger partial charge in [-0.3, -0.25) is 0 Å². The van der Waals surface area contributed by atoms with E-state index in [1.54, 1.807) is 0 Å². The molecule has 0 bridgehead atoms. The second-order valence-corrected chi connectivity index (χ2v) is 17.2. The Morgan fingerprint density at radius 2 is 0.848 bits per heavy atom. The Kier molecular flexibility index (Phi) is 7.91. The fourth-order valence-electron chi connectivity index (χ4n) is 10.2. The van der Waals surface area contributed by atoms with Crippen molar-refractivity contribution >= 4 is 86.8 Å². The van der Waals surface area contributed by atoms with Gasteiger partial charge in [0.05, 0.1) is 16.7 Å². The Balaban J connectivity index is 1.04. The lowest BCUT2D eigenvalue weighted by molar-refractivity contribution is 0.669. The van der Waals surface area contributed by atoms with Crippen LogP contribution in [0.15, 0.2) is 223 Å². The number of hydrogen-bond donors (Lipinski definition) is 0. The predicted molar refractivity (Wildman–Crippen MR) is 273 cm³/mol. The van der Waals surface area contributed by atoms with Crippen LogP contribution in [0.3, 0.4) is 0 Å². The molecule has 0 aliphatic rings. The highest BCUT2D eigenvalue weighted by molar-refractivity contribution is 6.22. The molecule has 0 aliphatic carbocycles. The second kappa shape index (κ2) is 14.3. The average Bonchev–Trinajstić information content (AvgIpc) is 3.94. The van der Waals surface area contributed by atoms with E-state index in [4.69, 9.17) is 19.4 Å². The van der Waals surface area contributed by atoms with E-state index in [2.05, 4.69) is 193 Å². The lowest BCUT2D eigenvalue weighted by atomic mass is 9.98. The summed E-state index contributed by atoms with van der Waals surface area (Å²) >= 11 is 0. The van der Waals surface area contributed by atoms with Gasteiger partial charge in [0.1, 0.15) is 11.2 Å². The summed E-state index contributed by atoms with van der Waals surface area (Å²) in [4.78, 5) is 16.0. The normalized spacial score (nSPS) is 11.9. The van der Waals surface area contributed by atoms with Gasteiger partial charge in [-0.1, -0.05) is 164 Å². The smallest absolute Gasteiger partial charge is 0.164 e. The van der Waals surface area contributed by atoms with Crippen molar-refractivity contribution in [3.05, 3.63) is 218 Å². The SMILES string of the molecule is c1ccc2cc(-c3ccc4c(c3)c3c5ccccc5ccc3n4-c3cc(-c4nc(-c5ccc6ccccc6c5)nc(-c5cccc6oc7ccccc7c56)n4)cc4ccccc34)ccc2c1.